The normalized spacial score (nSPS) is 17.4. The van der Waals surface area contributed by atoms with Crippen LogP contribution in [0.5, 0.6) is 0 Å². The Morgan fingerprint density at radius 1 is 1.15 bits per heavy atom. The average molecular weight is 195 g/mol. The first kappa shape index (κ1) is 8.44. The summed E-state index contributed by atoms with van der Waals surface area (Å²) in [5.41, 5.74) is 1.66. The van der Waals surface area contributed by atoms with Crippen LogP contribution in [0, 0.1) is 13.8 Å². The molecule has 3 nitrogen and oxygen atoms in total. The van der Waals surface area contributed by atoms with Crippen molar-refractivity contribution in [2.24, 2.45) is 0 Å². The van der Waals surface area contributed by atoms with Crippen molar-refractivity contribution >= 4 is 20.7 Å². The van der Waals surface area contributed by atoms with Crippen LogP contribution in [0.4, 0.5) is 0 Å². The van der Waals surface area contributed by atoms with Crippen molar-refractivity contribution in [1.29, 1.82) is 0 Å². The van der Waals surface area contributed by atoms with Gasteiger partial charge in [-0.05, 0) is 19.4 Å². The summed E-state index contributed by atoms with van der Waals surface area (Å²) in [5.74, 6) is 0. The Morgan fingerprint density at radius 2 is 1.77 bits per heavy atom. The van der Waals surface area contributed by atoms with Crippen molar-refractivity contribution in [2.45, 2.75) is 13.8 Å². The van der Waals surface area contributed by atoms with E-state index in [1.54, 1.807) is 6.20 Å². The molecule has 1 aromatic heterocycles. The van der Waals surface area contributed by atoms with E-state index in [-0.39, 0.29) is 0 Å². The molecule has 0 bridgehead atoms. The van der Waals surface area contributed by atoms with Crippen molar-refractivity contribution in [3.8, 4) is 0 Å². The van der Waals surface area contributed by atoms with E-state index in [2.05, 4.69) is 4.98 Å². The summed E-state index contributed by atoms with van der Waals surface area (Å²) in [6.07, 6.45) is 1.69. The van der Waals surface area contributed by atoms with E-state index in [4.69, 9.17) is 0 Å². The smallest absolute Gasteiger partial charge is 0.194 e. The van der Waals surface area contributed by atoms with Crippen LogP contribution in [0.1, 0.15) is 11.3 Å². The van der Waals surface area contributed by atoms with E-state index in [0.29, 0.717) is 0 Å². The molecule has 0 saturated heterocycles. The lowest BCUT2D eigenvalue weighted by Crippen LogP contribution is -2.28. The van der Waals surface area contributed by atoms with E-state index < -0.39 is 9.84 Å². The van der Waals surface area contributed by atoms with Gasteiger partial charge in [0.2, 0.25) is 0 Å². The summed E-state index contributed by atoms with van der Waals surface area (Å²) in [4.78, 5) is 4.10. The lowest BCUT2D eigenvalue weighted by Gasteiger charge is -1.94. The van der Waals surface area contributed by atoms with E-state index in [9.17, 15) is 8.42 Å². The zero-order chi connectivity index (χ0) is 9.64. The van der Waals surface area contributed by atoms with Gasteiger partial charge in [0, 0.05) is 33.1 Å². The van der Waals surface area contributed by atoms with Crippen LogP contribution in [0.25, 0.3) is 10.8 Å². The number of pyridine rings is 1. The number of fused-ring (bicyclic) bond motifs is 1. The molecule has 0 amide bonds. The Labute approximate surface area is 76.4 Å². The molecule has 0 saturated carbocycles. The predicted octanol–water partition coefficient (Wildman–Crippen LogP) is -0.397. The summed E-state index contributed by atoms with van der Waals surface area (Å²) in [6.45, 7) is 3.67. The third-order valence-corrected chi connectivity index (χ3v) is 3.25. The lowest BCUT2D eigenvalue weighted by molar-refractivity contribution is 0.617. The van der Waals surface area contributed by atoms with Crippen LogP contribution in [0.3, 0.4) is 0 Å². The first-order valence-electron chi connectivity index (χ1n) is 3.90. The van der Waals surface area contributed by atoms with Crippen molar-refractivity contribution in [1.82, 2.24) is 4.98 Å². The number of rotatable bonds is 0. The average Bonchev–Trinajstić information content (AvgIpc) is 2.35. The van der Waals surface area contributed by atoms with Gasteiger partial charge in [0.05, 0.1) is 0 Å². The highest BCUT2D eigenvalue weighted by Crippen LogP contribution is 1.99. The van der Waals surface area contributed by atoms with Crippen LogP contribution < -0.4 is 10.4 Å². The van der Waals surface area contributed by atoms with Crippen molar-refractivity contribution in [3.05, 3.63) is 27.9 Å². The second kappa shape index (κ2) is 2.42. The highest BCUT2D eigenvalue weighted by Gasteiger charge is 2.11. The van der Waals surface area contributed by atoms with Gasteiger partial charge < -0.3 is 0 Å². The maximum Gasteiger partial charge on any atom is 0.194 e. The SMILES string of the molecule is Cc1cnc(C)c2c1=CS(=O)(=O)C=2. The number of aromatic nitrogens is 1. The predicted molar refractivity (Wildman–Crippen MR) is 50.8 cm³/mol. The van der Waals surface area contributed by atoms with Gasteiger partial charge >= 0.3 is 0 Å². The molecule has 4 heteroatoms. The highest BCUT2D eigenvalue weighted by molar-refractivity contribution is 8.06. The Morgan fingerprint density at radius 3 is 2.38 bits per heavy atom. The fraction of sp³-hybridized carbons (Fsp3) is 0.222. The molecule has 68 valence electrons. The summed E-state index contributed by atoms with van der Waals surface area (Å²) in [5, 5.41) is 4.09. The Balaban J connectivity index is 3.08. The van der Waals surface area contributed by atoms with Crippen LogP contribution in [0.15, 0.2) is 6.20 Å². The summed E-state index contributed by atoms with van der Waals surface area (Å²) >= 11 is 0. The molecule has 2 heterocycles. The molecule has 0 unspecified atom stereocenters. The monoisotopic (exact) mass is 195 g/mol. The second-order valence-electron chi connectivity index (χ2n) is 3.18. The molecule has 0 atom stereocenters. The lowest BCUT2D eigenvalue weighted by atomic mass is 10.2. The van der Waals surface area contributed by atoms with Crippen molar-refractivity contribution < 1.29 is 8.42 Å². The maximum atomic E-state index is 11.3. The van der Waals surface area contributed by atoms with Gasteiger partial charge in [-0.3, -0.25) is 4.98 Å². The Hall–Kier alpha value is -1.16. The third-order valence-electron chi connectivity index (χ3n) is 2.12. The standard InChI is InChI=1S/C9H9NO2S/c1-6-3-10-7(2)9-5-13(11,12)4-8(6)9/h3-5H,1-2H3. The highest BCUT2D eigenvalue weighted by atomic mass is 32.2. The van der Waals surface area contributed by atoms with Gasteiger partial charge in [0.1, 0.15) is 0 Å². The number of sulfone groups is 1. The maximum absolute atomic E-state index is 11.3. The fourth-order valence-corrected chi connectivity index (χ4v) is 2.74. The van der Waals surface area contributed by atoms with E-state index in [1.165, 1.54) is 10.8 Å². The largest absolute Gasteiger partial charge is 0.261 e. The zero-order valence-electron chi connectivity index (χ0n) is 7.40. The molecular formula is C9H9NO2S. The summed E-state index contributed by atoms with van der Waals surface area (Å²) < 4.78 is 22.5. The molecule has 0 aromatic carbocycles. The zero-order valence-corrected chi connectivity index (χ0v) is 8.22. The fourth-order valence-electron chi connectivity index (χ4n) is 1.41. The van der Waals surface area contributed by atoms with Gasteiger partial charge in [0.15, 0.2) is 9.84 Å². The molecule has 0 fully saturated rings. The van der Waals surface area contributed by atoms with Crippen LogP contribution in [-0.2, 0) is 9.84 Å². The molecular weight excluding hydrogens is 186 g/mol. The molecule has 13 heavy (non-hydrogen) atoms. The molecule has 0 radical (unpaired) electrons. The number of nitrogens with zero attached hydrogens (tertiary/aromatic N) is 1. The summed E-state index contributed by atoms with van der Waals surface area (Å²) in [6, 6.07) is 0. The van der Waals surface area contributed by atoms with Crippen LogP contribution in [0.2, 0.25) is 0 Å². The van der Waals surface area contributed by atoms with Gasteiger partial charge in [-0.15, -0.1) is 0 Å². The molecule has 1 aliphatic rings. The minimum atomic E-state index is -3.14. The van der Waals surface area contributed by atoms with Crippen LogP contribution in [-0.4, -0.2) is 13.4 Å². The van der Waals surface area contributed by atoms with E-state index >= 15 is 0 Å². The molecule has 1 aromatic rings. The van der Waals surface area contributed by atoms with Gasteiger partial charge in [-0.1, -0.05) is 0 Å². The topological polar surface area (TPSA) is 47.0 Å². The quantitative estimate of drug-likeness (QED) is 0.566. The Bertz CT molecular complexity index is 538. The van der Waals surface area contributed by atoms with Crippen LogP contribution >= 0.6 is 0 Å². The number of hydrogen-bond acceptors (Lipinski definition) is 3. The minimum Gasteiger partial charge on any atom is -0.261 e. The van der Waals surface area contributed by atoms with Gasteiger partial charge in [0.25, 0.3) is 0 Å². The van der Waals surface area contributed by atoms with Crippen molar-refractivity contribution in [2.75, 3.05) is 0 Å². The van der Waals surface area contributed by atoms with Gasteiger partial charge in [-0.2, -0.15) is 0 Å². The molecule has 0 aliphatic carbocycles. The molecule has 2 rings (SSSR count). The minimum absolute atomic E-state index is 0.736. The second-order valence-corrected chi connectivity index (χ2v) is 4.83. The van der Waals surface area contributed by atoms with Crippen molar-refractivity contribution in [3.63, 3.8) is 0 Å². The Kier molecular flexibility index (Phi) is 1.57. The number of aryl methyl sites for hydroxylation is 2. The van der Waals surface area contributed by atoms with Gasteiger partial charge in [-0.25, -0.2) is 8.42 Å². The van der Waals surface area contributed by atoms with E-state index in [0.717, 1.165) is 21.7 Å². The number of hydrogen-bond donors (Lipinski definition) is 0. The molecule has 0 N–H and O–H groups in total. The van der Waals surface area contributed by atoms with E-state index in [1.807, 2.05) is 13.8 Å². The molecule has 1 aliphatic heterocycles. The third kappa shape index (κ3) is 1.27. The first-order chi connectivity index (χ1) is 5.99. The summed E-state index contributed by atoms with van der Waals surface area (Å²) in [7, 11) is -3.14. The molecule has 0 spiro atoms. The first-order valence-corrected chi connectivity index (χ1v) is 5.51.